The highest BCUT2D eigenvalue weighted by atomic mass is 16.6. The maximum Gasteiger partial charge on any atom is 0.412 e. The Morgan fingerprint density at radius 3 is 2.66 bits per heavy atom. The van der Waals surface area contributed by atoms with Crippen molar-refractivity contribution in [2.45, 2.75) is 32.9 Å². The van der Waals surface area contributed by atoms with E-state index in [1.807, 2.05) is 6.07 Å². The molecule has 168 valence electrons. The number of nitrogens with one attached hydrogen (secondary N) is 3. The van der Waals surface area contributed by atoms with Crippen molar-refractivity contribution in [2.75, 3.05) is 17.7 Å². The first-order valence-corrected chi connectivity index (χ1v) is 9.77. The van der Waals surface area contributed by atoms with Crippen LogP contribution in [0.25, 0.3) is 5.82 Å². The molecule has 0 bridgehead atoms. The predicted molar refractivity (Wildman–Crippen MR) is 118 cm³/mol. The zero-order valence-electron chi connectivity index (χ0n) is 18.2. The minimum absolute atomic E-state index is 0.226. The second-order valence-electron chi connectivity index (χ2n) is 7.68. The van der Waals surface area contributed by atoms with Gasteiger partial charge in [-0.25, -0.2) is 24.2 Å². The average Bonchev–Trinajstić information content (AvgIpc) is 3.27. The molecule has 0 aliphatic heterocycles. The third-order valence-electron chi connectivity index (χ3n) is 4.04. The van der Waals surface area contributed by atoms with Crippen LogP contribution in [0.15, 0.2) is 49.2 Å². The van der Waals surface area contributed by atoms with E-state index in [2.05, 4.69) is 31.0 Å². The van der Waals surface area contributed by atoms with Gasteiger partial charge in [-0.1, -0.05) is 6.07 Å². The average molecular weight is 439 g/mol. The predicted octanol–water partition coefficient (Wildman–Crippen LogP) is 3.34. The molecular weight excluding hydrogens is 414 g/mol. The number of carbonyl (C=O) groups is 2. The number of methoxy groups -OCH3 is 1. The molecule has 0 unspecified atom stereocenters. The maximum atomic E-state index is 12.4. The van der Waals surface area contributed by atoms with Crippen LogP contribution in [0.2, 0.25) is 0 Å². The Kier molecular flexibility index (Phi) is 6.88. The molecule has 1 aromatic carbocycles. The van der Waals surface area contributed by atoms with E-state index in [0.717, 1.165) is 5.56 Å². The van der Waals surface area contributed by atoms with Crippen molar-refractivity contribution in [3.8, 4) is 11.6 Å². The lowest BCUT2D eigenvalue weighted by Gasteiger charge is -2.20. The summed E-state index contributed by atoms with van der Waals surface area (Å²) in [5, 5.41) is 12.2. The van der Waals surface area contributed by atoms with E-state index in [9.17, 15) is 9.59 Å². The molecule has 11 heteroatoms. The van der Waals surface area contributed by atoms with Crippen molar-refractivity contribution in [1.29, 1.82) is 0 Å². The third-order valence-corrected chi connectivity index (χ3v) is 4.04. The van der Waals surface area contributed by atoms with E-state index in [1.54, 1.807) is 51.2 Å². The van der Waals surface area contributed by atoms with Crippen LogP contribution < -0.4 is 20.7 Å². The van der Waals surface area contributed by atoms with Crippen molar-refractivity contribution < 1.29 is 19.1 Å². The molecule has 3 amide bonds. The third kappa shape index (κ3) is 6.17. The second-order valence-corrected chi connectivity index (χ2v) is 7.68. The lowest BCUT2D eigenvalue weighted by molar-refractivity contribution is 0.0635. The standard InChI is InChI=1S/C21H25N7O4/c1-21(2,3)32-20(30)27-16-8-7-15(10-17(16)31-4)26-19(29)24-11-14-6-5-9-23-18(14)28-13-22-12-25-28/h5-10,12-13H,11H2,1-4H3,(H,27,30)(H2,24,26,29). The van der Waals surface area contributed by atoms with Crippen LogP contribution in [-0.2, 0) is 11.3 Å². The maximum absolute atomic E-state index is 12.4. The van der Waals surface area contributed by atoms with Gasteiger partial charge in [-0.3, -0.25) is 5.32 Å². The number of hydrogen-bond acceptors (Lipinski definition) is 7. The van der Waals surface area contributed by atoms with Crippen LogP contribution in [0.3, 0.4) is 0 Å². The van der Waals surface area contributed by atoms with Gasteiger partial charge in [0.2, 0.25) is 0 Å². The number of amides is 3. The summed E-state index contributed by atoms with van der Waals surface area (Å²) in [6, 6.07) is 8.04. The summed E-state index contributed by atoms with van der Waals surface area (Å²) < 4.78 is 12.1. The molecule has 0 fully saturated rings. The Morgan fingerprint density at radius 2 is 1.97 bits per heavy atom. The molecule has 2 heterocycles. The first kappa shape index (κ1) is 22.5. The molecular formula is C21H25N7O4. The summed E-state index contributed by atoms with van der Waals surface area (Å²) in [5.41, 5.74) is 1.04. The van der Waals surface area contributed by atoms with Crippen LogP contribution in [0.1, 0.15) is 26.3 Å². The zero-order valence-corrected chi connectivity index (χ0v) is 18.2. The number of pyridine rings is 1. The van der Waals surface area contributed by atoms with Crippen molar-refractivity contribution in [3.05, 3.63) is 54.7 Å². The van der Waals surface area contributed by atoms with Crippen LogP contribution in [0.4, 0.5) is 21.0 Å². The number of benzene rings is 1. The van der Waals surface area contributed by atoms with Gasteiger partial charge in [0.05, 0.1) is 12.8 Å². The molecule has 0 spiro atoms. The van der Waals surface area contributed by atoms with E-state index < -0.39 is 17.7 Å². The first-order chi connectivity index (χ1) is 15.2. The SMILES string of the molecule is COc1cc(NC(=O)NCc2cccnc2-n2cncn2)ccc1NC(=O)OC(C)(C)C. The Bertz CT molecular complexity index is 1080. The second kappa shape index (κ2) is 9.77. The minimum atomic E-state index is -0.626. The lowest BCUT2D eigenvalue weighted by atomic mass is 10.2. The Hall–Kier alpha value is -4.15. The number of urea groups is 1. The van der Waals surface area contributed by atoms with E-state index in [-0.39, 0.29) is 6.54 Å². The van der Waals surface area contributed by atoms with Crippen molar-refractivity contribution in [3.63, 3.8) is 0 Å². The molecule has 0 atom stereocenters. The van der Waals surface area contributed by atoms with Gasteiger partial charge in [-0.05, 0) is 39.0 Å². The molecule has 0 radical (unpaired) electrons. The number of nitrogens with zero attached hydrogens (tertiary/aromatic N) is 4. The smallest absolute Gasteiger partial charge is 0.412 e. The summed E-state index contributed by atoms with van der Waals surface area (Å²) in [6.45, 7) is 5.55. The highest BCUT2D eigenvalue weighted by Gasteiger charge is 2.18. The molecule has 0 saturated heterocycles. The van der Waals surface area contributed by atoms with Crippen LogP contribution >= 0.6 is 0 Å². The summed E-state index contributed by atoms with van der Waals surface area (Å²) >= 11 is 0. The van der Waals surface area contributed by atoms with Gasteiger partial charge in [0, 0.05) is 30.1 Å². The quantitative estimate of drug-likeness (QED) is 0.536. The molecule has 0 aliphatic rings. The minimum Gasteiger partial charge on any atom is -0.494 e. The fourth-order valence-electron chi connectivity index (χ4n) is 2.73. The molecule has 3 N–H and O–H groups in total. The van der Waals surface area contributed by atoms with E-state index >= 15 is 0 Å². The fourth-order valence-corrected chi connectivity index (χ4v) is 2.73. The van der Waals surface area contributed by atoms with Gasteiger partial charge in [0.25, 0.3) is 0 Å². The molecule has 3 aromatic rings. The largest absolute Gasteiger partial charge is 0.494 e. The topological polar surface area (TPSA) is 132 Å². The first-order valence-electron chi connectivity index (χ1n) is 9.77. The van der Waals surface area contributed by atoms with Gasteiger partial charge < -0.3 is 20.1 Å². The Morgan fingerprint density at radius 1 is 1.16 bits per heavy atom. The summed E-state index contributed by atoms with van der Waals surface area (Å²) in [7, 11) is 1.47. The molecule has 32 heavy (non-hydrogen) atoms. The summed E-state index contributed by atoms with van der Waals surface area (Å²) in [6.07, 6.45) is 3.98. The summed E-state index contributed by atoms with van der Waals surface area (Å²) in [5.74, 6) is 0.943. The van der Waals surface area contributed by atoms with Crippen LogP contribution in [-0.4, -0.2) is 44.6 Å². The highest BCUT2D eigenvalue weighted by molar-refractivity contribution is 5.91. The molecule has 2 aromatic heterocycles. The van der Waals surface area contributed by atoms with E-state index in [0.29, 0.717) is 22.9 Å². The van der Waals surface area contributed by atoms with E-state index in [1.165, 1.54) is 24.4 Å². The van der Waals surface area contributed by atoms with Crippen LogP contribution in [0.5, 0.6) is 5.75 Å². The van der Waals surface area contributed by atoms with Gasteiger partial charge in [-0.2, -0.15) is 5.10 Å². The van der Waals surface area contributed by atoms with Crippen LogP contribution in [0, 0.1) is 0 Å². The molecule has 0 saturated carbocycles. The molecule has 3 rings (SSSR count). The van der Waals surface area contributed by atoms with Gasteiger partial charge in [-0.15, -0.1) is 0 Å². The Labute approximate surface area is 185 Å². The number of carbonyl (C=O) groups excluding carboxylic acids is 2. The number of rotatable bonds is 6. The van der Waals surface area contributed by atoms with Gasteiger partial charge in [0.1, 0.15) is 24.0 Å². The number of hydrogen-bond donors (Lipinski definition) is 3. The Balaban J connectivity index is 1.62. The molecule has 11 nitrogen and oxygen atoms in total. The molecule has 0 aliphatic carbocycles. The van der Waals surface area contributed by atoms with Crippen molar-refractivity contribution >= 4 is 23.5 Å². The normalized spacial score (nSPS) is 10.9. The van der Waals surface area contributed by atoms with Crippen molar-refractivity contribution in [1.82, 2.24) is 25.1 Å². The van der Waals surface area contributed by atoms with Gasteiger partial charge >= 0.3 is 12.1 Å². The van der Waals surface area contributed by atoms with Gasteiger partial charge in [0.15, 0.2) is 5.82 Å². The van der Waals surface area contributed by atoms with Crippen molar-refractivity contribution in [2.24, 2.45) is 0 Å². The monoisotopic (exact) mass is 439 g/mol. The number of aromatic nitrogens is 4. The number of anilines is 2. The number of ether oxygens (including phenoxy) is 2. The zero-order chi connectivity index (χ0) is 23.1. The van der Waals surface area contributed by atoms with E-state index in [4.69, 9.17) is 9.47 Å². The fraction of sp³-hybridized carbons (Fsp3) is 0.286. The lowest BCUT2D eigenvalue weighted by Crippen LogP contribution is -2.29. The summed E-state index contributed by atoms with van der Waals surface area (Å²) in [4.78, 5) is 32.6. The highest BCUT2D eigenvalue weighted by Crippen LogP contribution is 2.28.